The SMILES string of the molecule is COc1ccc([Si](C)(C)[C@@H]2[C@@H](C)[C@@H](CCc3ccc(NC(=O)[C@H]4O[C@@H](O)[C@H](O)[C@@H](O)[C@@H]4O)cc3)O[C@H]2CCn2cc(C(CO)c3ccccc3)nn2)cc1. The second-order valence-corrected chi connectivity index (χ2v) is 19.7. The van der Waals surface area contributed by atoms with Crippen molar-refractivity contribution in [2.45, 2.75) is 100 Å². The highest BCUT2D eigenvalue weighted by atomic mass is 28.3. The van der Waals surface area contributed by atoms with Crippen LogP contribution in [0.1, 0.15) is 42.5 Å². The van der Waals surface area contributed by atoms with E-state index in [9.17, 15) is 30.3 Å². The summed E-state index contributed by atoms with van der Waals surface area (Å²) in [6, 6.07) is 25.6. The Morgan fingerprint density at radius 3 is 2.28 bits per heavy atom. The van der Waals surface area contributed by atoms with Gasteiger partial charge in [0.05, 0.1) is 45.6 Å². The minimum atomic E-state index is -2.09. The molecule has 2 saturated heterocycles. The zero-order valence-electron chi connectivity index (χ0n) is 31.1. The van der Waals surface area contributed by atoms with E-state index in [1.807, 2.05) is 65.5 Å². The third-order valence-corrected chi connectivity index (χ3v) is 15.7. The molecule has 0 bridgehead atoms. The standard InChI is InChI=1S/C40H52N4O9Si/c1-24-32(19-12-25-10-13-27(14-11-25)41-39(49)37-35(47)34(46)36(48)40(50)53-37)52-33(38(24)54(3,4)29-17-15-28(51-2)16-18-29)20-21-44-22-31(42-43-44)30(23-45)26-8-6-5-7-9-26/h5-11,13-18,22,24,30,32-38,40,45-48,50H,12,19-21,23H2,1-4H3,(H,41,49)/t24-,30?,32+,33-,34-,35-,36+,37-,38+,40+/m0/s1. The van der Waals surface area contributed by atoms with Gasteiger partial charge in [-0.25, -0.2) is 0 Å². The van der Waals surface area contributed by atoms with Crippen LogP contribution in [0.5, 0.6) is 5.75 Å². The van der Waals surface area contributed by atoms with Crippen LogP contribution in [0, 0.1) is 5.92 Å². The molecule has 3 aromatic carbocycles. The lowest BCUT2D eigenvalue weighted by Gasteiger charge is -2.37. The van der Waals surface area contributed by atoms with Gasteiger partial charge in [0, 0.05) is 18.4 Å². The summed E-state index contributed by atoms with van der Waals surface area (Å²) < 4.78 is 19.3. The van der Waals surface area contributed by atoms with Gasteiger partial charge < -0.3 is 45.1 Å². The molecule has 1 unspecified atom stereocenters. The molecule has 13 nitrogen and oxygen atoms in total. The summed E-state index contributed by atoms with van der Waals surface area (Å²) >= 11 is 0. The largest absolute Gasteiger partial charge is 0.497 e. The third-order valence-electron chi connectivity index (χ3n) is 11.3. The third kappa shape index (κ3) is 8.61. The minimum Gasteiger partial charge on any atom is -0.497 e. The molecule has 0 aliphatic carbocycles. The Hall–Kier alpha value is -3.99. The number of aromatic nitrogens is 3. The molecule has 0 radical (unpaired) electrons. The Morgan fingerprint density at radius 2 is 1.61 bits per heavy atom. The normalized spacial score (nSPS) is 27.8. The van der Waals surface area contributed by atoms with Crippen molar-refractivity contribution in [1.82, 2.24) is 15.0 Å². The quantitative estimate of drug-likeness (QED) is 0.104. The molecule has 2 aliphatic heterocycles. The highest BCUT2D eigenvalue weighted by Crippen LogP contribution is 2.46. The Labute approximate surface area is 316 Å². The molecule has 6 N–H and O–H groups in total. The van der Waals surface area contributed by atoms with Crippen molar-refractivity contribution in [2.24, 2.45) is 5.92 Å². The van der Waals surface area contributed by atoms with E-state index in [4.69, 9.17) is 14.2 Å². The number of nitrogens with zero attached hydrogens (tertiary/aromatic N) is 3. The van der Waals surface area contributed by atoms with E-state index in [2.05, 4.69) is 47.8 Å². The number of carbonyl (C=O) groups is 1. The molecule has 54 heavy (non-hydrogen) atoms. The van der Waals surface area contributed by atoms with Crippen molar-refractivity contribution >= 4 is 24.9 Å². The number of nitrogens with one attached hydrogen (secondary N) is 1. The van der Waals surface area contributed by atoms with Crippen LogP contribution < -0.4 is 15.2 Å². The van der Waals surface area contributed by atoms with Crippen molar-refractivity contribution in [3.8, 4) is 5.75 Å². The number of aliphatic hydroxyl groups excluding tert-OH is 5. The molecule has 290 valence electrons. The molecule has 2 fully saturated rings. The smallest absolute Gasteiger partial charge is 0.256 e. The van der Waals surface area contributed by atoms with Gasteiger partial charge in [-0.05, 0) is 66.1 Å². The predicted molar refractivity (Wildman–Crippen MR) is 204 cm³/mol. The van der Waals surface area contributed by atoms with Gasteiger partial charge in [-0.1, -0.05) is 85.0 Å². The second kappa shape index (κ2) is 17.2. The highest BCUT2D eigenvalue weighted by Gasteiger charge is 2.50. The maximum atomic E-state index is 12.8. The molecule has 10 atom stereocenters. The van der Waals surface area contributed by atoms with E-state index in [1.165, 1.54) is 5.19 Å². The van der Waals surface area contributed by atoms with E-state index in [0.717, 1.165) is 41.8 Å². The van der Waals surface area contributed by atoms with Crippen LogP contribution in [0.25, 0.3) is 0 Å². The average Bonchev–Trinajstić information content (AvgIpc) is 3.78. The molecule has 4 aromatic rings. The minimum absolute atomic E-state index is 0.00252. The molecule has 6 rings (SSSR count). The first-order chi connectivity index (χ1) is 25.9. The summed E-state index contributed by atoms with van der Waals surface area (Å²) in [5.41, 5.74) is 3.56. The van der Waals surface area contributed by atoms with Crippen LogP contribution in [-0.2, 0) is 27.2 Å². The lowest BCUT2D eigenvalue weighted by atomic mass is 9.95. The van der Waals surface area contributed by atoms with Crippen LogP contribution in [0.15, 0.2) is 85.1 Å². The summed E-state index contributed by atoms with van der Waals surface area (Å²) in [5.74, 6) is 0.117. The van der Waals surface area contributed by atoms with Crippen molar-refractivity contribution < 1.29 is 44.5 Å². The predicted octanol–water partition coefficient (Wildman–Crippen LogP) is 2.56. The summed E-state index contributed by atoms with van der Waals surface area (Å²) in [7, 11) is -0.411. The Morgan fingerprint density at radius 1 is 0.907 bits per heavy atom. The zero-order chi connectivity index (χ0) is 38.6. The summed E-state index contributed by atoms with van der Waals surface area (Å²) in [6.07, 6.45) is -4.24. The first-order valence-electron chi connectivity index (χ1n) is 18.5. The number of aliphatic hydroxyl groups is 5. The number of rotatable bonds is 14. The van der Waals surface area contributed by atoms with Gasteiger partial charge in [0.1, 0.15) is 24.1 Å². The van der Waals surface area contributed by atoms with Crippen LogP contribution in [0.4, 0.5) is 5.69 Å². The fraction of sp³-hybridized carbons (Fsp3) is 0.475. The fourth-order valence-corrected chi connectivity index (χ4v) is 12.3. The number of amides is 1. The Bertz CT molecular complexity index is 1810. The topological polar surface area (TPSA) is 189 Å². The van der Waals surface area contributed by atoms with Gasteiger partial charge in [-0.3, -0.25) is 9.48 Å². The first kappa shape index (κ1) is 39.7. The van der Waals surface area contributed by atoms with E-state index >= 15 is 0 Å². The summed E-state index contributed by atoms with van der Waals surface area (Å²) in [5, 5.41) is 62.7. The van der Waals surface area contributed by atoms with Crippen LogP contribution in [-0.4, -0.2) is 111 Å². The van der Waals surface area contributed by atoms with Crippen molar-refractivity contribution in [1.29, 1.82) is 0 Å². The lowest BCUT2D eigenvalue weighted by Crippen LogP contribution is -2.60. The average molecular weight is 761 g/mol. The number of benzene rings is 3. The monoisotopic (exact) mass is 760 g/mol. The number of hydrogen-bond acceptors (Lipinski definition) is 11. The van der Waals surface area contributed by atoms with Crippen molar-refractivity contribution in [2.75, 3.05) is 19.0 Å². The van der Waals surface area contributed by atoms with E-state index < -0.39 is 44.7 Å². The highest BCUT2D eigenvalue weighted by molar-refractivity contribution is 6.91. The van der Waals surface area contributed by atoms with Gasteiger partial charge in [0.2, 0.25) is 0 Å². The lowest BCUT2D eigenvalue weighted by molar-refractivity contribution is -0.274. The fourth-order valence-electron chi connectivity index (χ4n) is 8.17. The van der Waals surface area contributed by atoms with E-state index in [-0.39, 0.29) is 30.7 Å². The molecule has 0 spiro atoms. The number of methoxy groups -OCH3 is 1. The molecule has 14 heteroatoms. The van der Waals surface area contributed by atoms with Gasteiger partial charge in [0.15, 0.2) is 12.4 Å². The molecule has 1 amide bonds. The zero-order valence-corrected chi connectivity index (χ0v) is 32.1. The number of anilines is 1. The van der Waals surface area contributed by atoms with Gasteiger partial charge in [-0.15, -0.1) is 5.10 Å². The van der Waals surface area contributed by atoms with Crippen LogP contribution in [0.2, 0.25) is 18.6 Å². The molecule has 3 heterocycles. The van der Waals surface area contributed by atoms with Crippen LogP contribution in [0.3, 0.4) is 0 Å². The number of hydrogen-bond donors (Lipinski definition) is 6. The summed E-state index contributed by atoms with van der Waals surface area (Å²) in [4.78, 5) is 12.8. The molecule has 1 aromatic heterocycles. The van der Waals surface area contributed by atoms with Crippen LogP contribution >= 0.6 is 0 Å². The Kier molecular flexibility index (Phi) is 12.7. The Balaban J connectivity index is 1.13. The van der Waals surface area contributed by atoms with Crippen molar-refractivity contribution in [3.63, 3.8) is 0 Å². The number of carbonyl (C=O) groups excluding carboxylic acids is 1. The second-order valence-electron chi connectivity index (χ2n) is 15.0. The number of aryl methyl sites for hydroxylation is 2. The molecule has 0 saturated carbocycles. The van der Waals surface area contributed by atoms with E-state index in [1.54, 1.807) is 19.2 Å². The molecular formula is C40H52N4O9Si. The van der Waals surface area contributed by atoms with E-state index in [0.29, 0.717) is 17.8 Å². The van der Waals surface area contributed by atoms with Gasteiger partial charge >= 0.3 is 0 Å². The first-order valence-corrected chi connectivity index (χ1v) is 21.6. The summed E-state index contributed by atoms with van der Waals surface area (Å²) in [6.45, 7) is 7.71. The maximum absolute atomic E-state index is 12.8. The number of ether oxygens (including phenoxy) is 3. The maximum Gasteiger partial charge on any atom is 0.256 e. The molecule has 2 aliphatic rings. The van der Waals surface area contributed by atoms with Crippen molar-refractivity contribution in [3.05, 3.63) is 102 Å². The van der Waals surface area contributed by atoms with Gasteiger partial charge in [-0.2, -0.15) is 0 Å². The van der Waals surface area contributed by atoms with Gasteiger partial charge in [0.25, 0.3) is 5.91 Å². The molecular weight excluding hydrogens is 709 g/mol.